The molecular formula is C23H30N4O3S. The summed E-state index contributed by atoms with van der Waals surface area (Å²) in [6.45, 7) is 7.93. The third-order valence-electron chi connectivity index (χ3n) is 6.03. The van der Waals surface area contributed by atoms with Crippen molar-refractivity contribution in [3.05, 3.63) is 46.1 Å². The Hall–Kier alpha value is -2.45. The fourth-order valence-corrected chi connectivity index (χ4v) is 5.37. The van der Waals surface area contributed by atoms with Gasteiger partial charge in [-0.1, -0.05) is 49.4 Å². The van der Waals surface area contributed by atoms with Gasteiger partial charge in [-0.3, -0.25) is 9.69 Å². The molecule has 2 aromatic heterocycles. The first kappa shape index (κ1) is 21.8. The van der Waals surface area contributed by atoms with Crippen LogP contribution in [0.1, 0.15) is 61.5 Å². The average molecular weight is 443 g/mol. The van der Waals surface area contributed by atoms with Gasteiger partial charge in [0.15, 0.2) is 5.82 Å². The highest BCUT2D eigenvalue weighted by Gasteiger charge is 2.34. The molecule has 3 aromatic rings. The lowest BCUT2D eigenvalue weighted by Gasteiger charge is -2.36. The lowest BCUT2D eigenvalue weighted by atomic mass is 9.93. The van der Waals surface area contributed by atoms with E-state index in [1.54, 1.807) is 4.52 Å². The van der Waals surface area contributed by atoms with Crippen molar-refractivity contribution in [2.45, 2.75) is 52.5 Å². The van der Waals surface area contributed by atoms with Crippen LogP contribution >= 0.6 is 11.3 Å². The number of likely N-dealkylation sites (tertiary alicyclic amines) is 1. The SMILES string of the molecule is CCOC(=O)C1CCN([C@@H](c2ccc(CC)cc2)c2sc3nc(CC)nn3c2O)CC1. The van der Waals surface area contributed by atoms with Crippen molar-refractivity contribution in [2.75, 3.05) is 19.7 Å². The van der Waals surface area contributed by atoms with Gasteiger partial charge in [-0.15, -0.1) is 5.10 Å². The number of rotatable bonds is 7. The highest BCUT2D eigenvalue weighted by Crippen LogP contribution is 2.41. The van der Waals surface area contributed by atoms with Crippen LogP contribution in [0.5, 0.6) is 5.88 Å². The van der Waals surface area contributed by atoms with Gasteiger partial charge in [0.05, 0.1) is 23.4 Å². The van der Waals surface area contributed by atoms with E-state index in [1.807, 2.05) is 13.8 Å². The van der Waals surface area contributed by atoms with Gasteiger partial charge < -0.3 is 9.84 Å². The standard InChI is InChI=1S/C23H30N4O3S/c1-4-15-7-9-16(10-8-15)19(26-13-11-17(12-14-26)22(29)30-6-3)20-21(28)27-23(31-20)24-18(5-2)25-27/h7-10,17,19,28H,4-6,11-14H2,1-3H3/t19-/m0/s1. The molecule has 4 rings (SSSR count). The molecule has 0 amide bonds. The van der Waals surface area contributed by atoms with E-state index in [-0.39, 0.29) is 23.8 Å². The molecule has 0 radical (unpaired) electrons. The molecule has 0 spiro atoms. The van der Waals surface area contributed by atoms with Gasteiger partial charge in [-0.2, -0.15) is 4.52 Å². The third kappa shape index (κ3) is 4.32. The number of aryl methyl sites for hydroxylation is 2. The van der Waals surface area contributed by atoms with E-state index in [2.05, 4.69) is 46.2 Å². The van der Waals surface area contributed by atoms with Gasteiger partial charge in [-0.05, 0) is 50.4 Å². The van der Waals surface area contributed by atoms with E-state index in [1.165, 1.54) is 16.9 Å². The molecule has 1 aliphatic rings. The minimum Gasteiger partial charge on any atom is -0.492 e. The molecule has 0 saturated carbocycles. The van der Waals surface area contributed by atoms with Crippen LogP contribution in [0, 0.1) is 5.92 Å². The highest BCUT2D eigenvalue weighted by molar-refractivity contribution is 7.17. The van der Waals surface area contributed by atoms with Crippen LogP contribution in [-0.4, -0.2) is 50.3 Å². The van der Waals surface area contributed by atoms with Crippen molar-refractivity contribution in [1.29, 1.82) is 0 Å². The number of aromatic nitrogens is 3. The van der Waals surface area contributed by atoms with Crippen LogP contribution in [0.3, 0.4) is 0 Å². The molecule has 1 N–H and O–H groups in total. The molecule has 1 atom stereocenters. The van der Waals surface area contributed by atoms with Crippen molar-refractivity contribution in [3.63, 3.8) is 0 Å². The minimum atomic E-state index is -0.104. The number of thiazole rings is 1. The lowest BCUT2D eigenvalue weighted by molar-refractivity contribution is -0.149. The second-order valence-electron chi connectivity index (χ2n) is 7.93. The summed E-state index contributed by atoms with van der Waals surface area (Å²) in [5.74, 6) is 0.735. The second-order valence-corrected chi connectivity index (χ2v) is 8.93. The number of benzene rings is 1. The van der Waals surface area contributed by atoms with E-state index >= 15 is 0 Å². The van der Waals surface area contributed by atoms with Crippen molar-refractivity contribution in [1.82, 2.24) is 19.5 Å². The Kier molecular flexibility index (Phi) is 6.57. The van der Waals surface area contributed by atoms with Crippen LogP contribution in [0.4, 0.5) is 0 Å². The van der Waals surface area contributed by atoms with Crippen LogP contribution in [0.15, 0.2) is 24.3 Å². The Morgan fingerprint density at radius 2 is 1.90 bits per heavy atom. The Labute approximate surface area is 186 Å². The van der Waals surface area contributed by atoms with E-state index in [9.17, 15) is 9.90 Å². The number of hydrogen-bond acceptors (Lipinski definition) is 7. The minimum absolute atomic E-state index is 0.0534. The van der Waals surface area contributed by atoms with Crippen LogP contribution < -0.4 is 0 Å². The largest absolute Gasteiger partial charge is 0.492 e. The van der Waals surface area contributed by atoms with Crippen molar-refractivity contribution < 1.29 is 14.6 Å². The summed E-state index contributed by atoms with van der Waals surface area (Å²) in [4.78, 5) is 20.6. The molecule has 1 aromatic carbocycles. The lowest BCUT2D eigenvalue weighted by Crippen LogP contribution is -2.39. The summed E-state index contributed by atoms with van der Waals surface area (Å²) in [7, 11) is 0. The van der Waals surface area contributed by atoms with Gasteiger partial charge in [0, 0.05) is 6.42 Å². The van der Waals surface area contributed by atoms with E-state index in [0.29, 0.717) is 11.6 Å². The Bertz CT molecular complexity index is 1040. The number of aromatic hydroxyl groups is 1. The van der Waals surface area contributed by atoms with E-state index in [4.69, 9.17) is 4.74 Å². The first-order chi connectivity index (χ1) is 15.0. The number of piperidine rings is 1. The summed E-state index contributed by atoms with van der Waals surface area (Å²) in [5, 5.41) is 15.5. The number of hydrogen-bond donors (Lipinski definition) is 1. The predicted molar refractivity (Wildman–Crippen MR) is 120 cm³/mol. The van der Waals surface area contributed by atoms with Gasteiger partial charge in [0.2, 0.25) is 10.8 Å². The van der Waals surface area contributed by atoms with Crippen molar-refractivity contribution in [2.24, 2.45) is 5.92 Å². The topological polar surface area (TPSA) is 80.0 Å². The molecule has 7 nitrogen and oxygen atoms in total. The molecule has 0 unspecified atom stereocenters. The molecular weight excluding hydrogens is 412 g/mol. The molecule has 166 valence electrons. The third-order valence-corrected chi connectivity index (χ3v) is 7.10. The monoisotopic (exact) mass is 442 g/mol. The first-order valence-corrected chi connectivity index (χ1v) is 11.9. The van der Waals surface area contributed by atoms with Gasteiger partial charge >= 0.3 is 5.97 Å². The number of nitrogens with zero attached hydrogens (tertiary/aromatic N) is 4. The zero-order chi connectivity index (χ0) is 22.0. The van der Waals surface area contributed by atoms with E-state index < -0.39 is 0 Å². The molecule has 31 heavy (non-hydrogen) atoms. The molecule has 1 fully saturated rings. The second kappa shape index (κ2) is 9.36. The normalized spacial score (nSPS) is 16.6. The number of carbonyl (C=O) groups is 1. The Morgan fingerprint density at radius 3 is 2.48 bits per heavy atom. The van der Waals surface area contributed by atoms with Crippen molar-refractivity contribution >= 4 is 22.3 Å². The zero-order valence-corrected chi connectivity index (χ0v) is 19.2. The van der Waals surface area contributed by atoms with Crippen LogP contribution in [0.25, 0.3) is 4.96 Å². The molecule has 1 aliphatic heterocycles. The summed E-state index contributed by atoms with van der Waals surface area (Å²) >= 11 is 1.49. The maximum Gasteiger partial charge on any atom is 0.309 e. The molecule has 8 heteroatoms. The summed E-state index contributed by atoms with van der Waals surface area (Å²) in [6.07, 6.45) is 3.22. The van der Waals surface area contributed by atoms with Crippen LogP contribution in [-0.2, 0) is 22.4 Å². The fraction of sp³-hybridized carbons (Fsp3) is 0.522. The summed E-state index contributed by atoms with van der Waals surface area (Å²) in [5.41, 5.74) is 2.41. The Balaban J connectivity index is 1.66. The predicted octanol–water partition coefficient (Wildman–Crippen LogP) is 3.99. The summed E-state index contributed by atoms with van der Waals surface area (Å²) in [6, 6.07) is 8.49. The van der Waals surface area contributed by atoms with E-state index in [0.717, 1.165) is 55.0 Å². The quantitative estimate of drug-likeness (QED) is 0.558. The van der Waals surface area contributed by atoms with Gasteiger partial charge in [0.25, 0.3) is 0 Å². The maximum atomic E-state index is 12.2. The molecule has 0 bridgehead atoms. The molecule has 0 aliphatic carbocycles. The first-order valence-electron chi connectivity index (χ1n) is 11.1. The summed E-state index contributed by atoms with van der Waals surface area (Å²) < 4.78 is 6.78. The zero-order valence-electron chi connectivity index (χ0n) is 18.4. The number of ether oxygens (including phenoxy) is 1. The van der Waals surface area contributed by atoms with Crippen molar-refractivity contribution in [3.8, 4) is 5.88 Å². The number of fused-ring (bicyclic) bond motifs is 1. The number of carbonyl (C=O) groups excluding carboxylic acids is 1. The maximum absolute atomic E-state index is 12.2. The van der Waals surface area contributed by atoms with Gasteiger partial charge in [0.1, 0.15) is 0 Å². The van der Waals surface area contributed by atoms with Crippen LogP contribution in [0.2, 0.25) is 0 Å². The fourth-order valence-electron chi connectivity index (χ4n) is 4.24. The number of esters is 1. The molecule has 3 heterocycles. The molecule has 1 saturated heterocycles. The Morgan fingerprint density at radius 1 is 1.19 bits per heavy atom. The highest BCUT2D eigenvalue weighted by atomic mass is 32.1. The van der Waals surface area contributed by atoms with Gasteiger partial charge in [-0.25, -0.2) is 4.98 Å². The smallest absolute Gasteiger partial charge is 0.309 e. The average Bonchev–Trinajstić information content (AvgIpc) is 3.34.